The van der Waals surface area contributed by atoms with Crippen LogP contribution in [-0.4, -0.2) is 11.7 Å². The molecule has 0 radical (unpaired) electrons. The van der Waals surface area contributed by atoms with Crippen molar-refractivity contribution >= 4 is 11.3 Å². The maximum atomic E-state index is 12.0. The largest absolute Gasteiger partial charge is 0.425 e. The Bertz CT molecular complexity index is 253. The smallest absolute Gasteiger partial charge is 0.396 e. The van der Waals surface area contributed by atoms with Crippen LogP contribution in [0.2, 0.25) is 0 Å². The Morgan fingerprint density at radius 3 is 2.50 bits per heavy atom. The van der Waals surface area contributed by atoms with Crippen molar-refractivity contribution in [3.63, 3.8) is 0 Å². The minimum Gasteiger partial charge on any atom is -0.396 e. The topological polar surface area (TPSA) is 20.2 Å². The molecule has 0 aliphatic heterocycles. The van der Waals surface area contributed by atoms with Gasteiger partial charge in [-0.2, -0.15) is 13.2 Å². The fraction of sp³-hybridized carbons (Fsp3) is 0.429. The van der Waals surface area contributed by atoms with Gasteiger partial charge in [-0.25, -0.2) is 0 Å². The molecule has 1 heterocycles. The van der Waals surface area contributed by atoms with E-state index in [1.807, 2.05) is 0 Å². The van der Waals surface area contributed by atoms with Crippen LogP contribution >= 0.6 is 11.3 Å². The molecule has 1 N–H and O–H groups in total. The third-order valence-electron chi connectivity index (χ3n) is 1.33. The van der Waals surface area contributed by atoms with E-state index in [1.165, 1.54) is 5.38 Å². The number of hydrogen-bond donors (Lipinski definition) is 1. The standard InChI is InChI=1S/C7H7F3OS/c8-7(9,10)6-3-5(1-2-11)4-12-6/h3-4,11H,1-2H2. The van der Waals surface area contributed by atoms with Gasteiger partial charge in [-0.3, -0.25) is 0 Å². The van der Waals surface area contributed by atoms with Gasteiger partial charge in [0.2, 0.25) is 0 Å². The molecule has 0 atom stereocenters. The minimum atomic E-state index is -4.25. The zero-order valence-corrected chi connectivity index (χ0v) is 6.87. The van der Waals surface area contributed by atoms with Gasteiger partial charge in [-0.05, 0) is 23.4 Å². The molecular weight excluding hydrogens is 189 g/mol. The van der Waals surface area contributed by atoms with Crippen molar-refractivity contribution in [2.45, 2.75) is 12.6 Å². The number of aliphatic hydroxyl groups is 1. The van der Waals surface area contributed by atoms with Crippen molar-refractivity contribution in [3.05, 3.63) is 21.9 Å². The Labute approximate surface area is 71.5 Å². The summed E-state index contributed by atoms with van der Waals surface area (Å²) in [5.41, 5.74) is 0.537. The van der Waals surface area contributed by atoms with Crippen molar-refractivity contribution < 1.29 is 18.3 Å². The van der Waals surface area contributed by atoms with Gasteiger partial charge in [-0.1, -0.05) is 0 Å². The van der Waals surface area contributed by atoms with Crippen LogP contribution in [0.15, 0.2) is 11.4 Å². The number of aliphatic hydroxyl groups excluding tert-OH is 1. The summed E-state index contributed by atoms with van der Waals surface area (Å²) in [4.78, 5) is -0.606. The van der Waals surface area contributed by atoms with E-state index in [9.17, 15) is 13.2 Å². The van der Waals surface area contributed by atoms with Gasteiger partial charge in [-0.15, -0.1) is 11.3 Å². The van der Waals surface area contributed by atoms with Gasteiger partial charge in [0.1, 0.15) is 4.88 Å². The first kappa shape index (κ1) is 9.54. The quantitative estimate of drug-likeness (QED) is 0.769. The molecule has 0 bridgehead atoms. The summed E-state index contributed by atoms with van der Waals surface area (Å²) in [7, 11) is 0. The first-order chi connectivity index (χ1) is 5.54. The first-order valence-corrected chi connectivity index (χ1v) is 4.17. The zero-order valence-electron chi connectivity index (χ0n) is 6.06. The third-order valence-corrected chi connectivity index (χ3v) is 2.36. The molecule has 0 spiro atoms. The summed E-state index contributed by atoms with van der Waals surface area (Å²) in [6.45, 7) is -0.117. The number of thiophene rings is 1. The summed E-state index contributed by atoms with van der Waals surface area (Å²) in [6.07, 6.45) is -3.97. The summed E-state index contributed by atoms with van der Waals surface area (Å²) in [6, 6.07) is 1.07. The van der Waals surface area contributed by atoms with E-state index in [0.717, 1.165) is 6.07 Å². The van der Waals surface area contributed by atoms with Crippen molar-refractivity contribution in [2.24, 2.45) is 0 Å². The molecule has 1 nitrogen and oxygen atoms in total. The molecule has 1 rings (SSSR count). The number of alkyl halides is 3. The van der Waals surface area contributed by atoms with Crippen LogP contribution in [0.5, 0.6) is 0 Å². The van der Waals surface area contributed by atoms with E-state index in [4.69, 9.17) is 5.11 Å². The Hall–Kier alpha value is -0.550. The number of halogens is 3. The molecule has 12 heavy (non-hydrogen) atoms. The fourth-order valence-electron chi connectivity index (χ4n) is 0.784. The van der Waals surface area contributed by atoms with E-state index in [1.54, 1.807) is 0 Å². The highest BCUT2D eigenvalue weighted by atomic mass is 32.1. The molecule has 0 fully saturated rings. The lowest BCUT2D eigenvalue weighted by molar-refractivity contribution is -0.134. The Balaban J connectivity index is 2.77. The second-order valence-electron chi connectivity index (χ2n) is 2.29. The highest BCUT2D eigenvalue weighted by Gasteiger charge is 2.32. The number of hydrogen-bond acceptors (Lipinski definition) is 2. The normalized spacial score (nSPS) is 12.0. The molecule has 0 amide bonds. The van der Waals surface area contributed by atoms with Crippen LogP contribution in [0.1, 0.15) is 10.4 Å². The second kappa shape index (κ2) is 3.45. The average molecular weight is 196 g/mol. The van der Waals surface area contributed by atoms with Crippen LogP contribution in [0.4, 0.5) is 13.2 Å². The molecular formula is C7H7F3OS. The van der Waals surface area contributed by atoms with Gasteiger partial charge in [0.15, 0.2) is 0 Å². The van der Waals surface area contributed by atoms with E-state index in [2.05, 4.69) is 0 Å². The van der Waals surface area contributed by atoms with E-state index in [-0.39, 0.29) is 13.0 Å². The van der Waals surface area contributed by atoms with Crippen LogP contribution in [0.25, 0.3) is 0 Å². The molecule has 0 saturated heterocycles. The lowest BCUT2D eigenvalue weighted by Crippen LogP contribution is -2.01. The molecule has 0 aromatic carbocycles. The van der Waals surface area contributed by atoms with E-state index >= 15 is 0 Å². The Kier molecular flexibility index (Phi) is 2.74. The Morgan fingerprint density at radius 1 is 1.42 bits per heavy atom. The summed E-state index contributed by atoms with van der Waals surface area (Å²) in [5.74, 6) is 0. The molecule has 0 aliphatic rings. The SMILES string of the molecule is OCCc1csc(C(F)(F)F)c1. The van der Waals surface area contributed by atoms with Crippen molar-refractivity contribution in [1.29, 1.82) is 0 Å². The third kappa shape index (κ3) is 2.22. The van der Waals surface area contributed by atoms with Crippen molar-refractivity contribution in [1.82, 2.24) is 0 Å². The Morgan fingerprint density at radius 2 is 2.08 bits per heavy atom. The molecule has 1 aromatic heterocycles. The maximum Gasteiger partial charge on any atom is 0.425 e. The average Bonchev–Trinajstić information content (AvgIpc) is 2.35. The van der Waals surface area contributed by atoms with E-state index < -0.39 is 11.1 Å². The molecule has 1 aromatic rings. The maximum absolute atomic E-state index is 12.0. The number of rotatable bonds is 2. The molecule has 68 valence electrons. The van der Waals surface area contributed by atoms with Gasteiger partial charge in [0.05, 0.1) is 0 Å². The van der Waals surface area contributed by atoms with Crippen LogP contribution in [0.3, 0.4) is 0 Å². The summed E-state index contributed by atoms with van der Waals surface area (Å²) in [5, 5.41) is 9.87. The lowest BCUT2D eigenvalue weighted by atomic mass is 10.2. The van der Waals surface area contributed by atoms with Crippen LogP contribution in [-0.2, 0) is 12.6 Å². The zero-order chi connectivity index (χ0) is 9.19. The van der Waals surface area contributed by atoms with E-state index in [0.29, 0.717) is 16.9 Å². The predicted octanol–water partition coefficient (Wildman–Crippen LogP) is 2.30. The van der Waals surface area contributed by atoms with Crippen molar-refractivity contribution in [3.8, 4) is 0 Å². The van der Waals surface area contributed by atoms with Gasteiger partial charge < -0.3 is 5.11 Å². The first-order valence-electron chi connectivity index (χ1n) is 3.29. The fourth-order valence-corrected chi connectivity index (χ4v) is 1.60. The van der Waals surface area contributed by atoms with Crippen LogP contribution < -0.4 is 0 Å². The predicted molar refractivity (Wildman–Crippen MR) is 40.1 cm³/mol. The molecule has 5 heteroatoms. The highest BCUT2D eigenvalue weighted by Crippen LogP contribution is 2.34. The molecule has 0 aliphatic carbocycles. The molecule has 0 saturated carbocycles. The molecule has 0 unspecified atom stereocenters. The summed E-state index contributed by atoms with van der Waals surface area (Å²) < 4.78 is 36.0. The monoisotopic (exact) mass is 196 g/mol. The second-order valence-corrected chi connectivity index (χ2v) is 3.20. The van der Waals surface area contributed by atoms with Gasteiger partial charge >= 0.3 is 6.18 Å². The minimum absolute atomic E-state index is 0.117. The van der Waals surface area contributed by atoms with Crippen molar-refractivity contribution in [2.75, 3.05) is 6.61 Å². The van der Waals surface area contributed by atoms with Gasteiger partial charge in [0.25, 0.3) is 0 Å². The lowest BCUT2D eigenvalue weighted by Gasteiger charge is -2.00. The summed E-state index contributed by atoms with van der Waals surface area (Å²) >= 11 is 0.660. The van der Waals surface area contributed by atoms with Gasteiger partial charge in [0, 0.05) is 6.61 Å². The van der Waals surface area contributed by atoms with Crippen LogP contribution in [0, 0.1) is 0 Å². The highest BCUT2D eigenvalue weighted by molar-refractivity contribution is 7.10.